The summed E-state index contributed by atoms with van der Waals surface area (Å²) in [6.45, 7) is 2.23. The summed E-state index contributed by atoms with van der Waals surface area (Å²) in [6.07, 6.45) is 1.32. The Morgan fingerprint density at radius 3 is 2.34 bits per heavy atom. The van der Waals surface area contributed by atoms with Crippen molar-refractivity contribution in [1.29, 1.82) is 0 Å². The normalized spacial score (nSPS) is 17.2. The Balaban J connectivity index is 1.83. The van der Waals surface area contributed by atoms with Crippen LogP contribution in [0.1, 0.15) is 42.5 Å². The number of ether oxygens (including phenoxy) is 3. The van der Waals surface area contributed by atoms with E-state index in [1.807, 2.05) is 6.07 Å². The van der Waals surface area contributed by atoms with E-state index in [1.165, 1.54) is 14.2 Å². The summed E-state index contributed by atoms with van der Waals surface area (Å²) in [4.78, 5) is 0. The Hall–Kier alpha value is -3.11. The highest BCUT2D eigenvalue weighted by atomic mass is 32.2. The molecule has 1 unspecified atom stereocenters. The van der Waals surface area contributed by atoms with E-state index in [1.54, 1.807) is 54.0 Å². The first kappa shape index (κ1) is 22.1. The average Bonchev–Trinajstić information content (AvgIpc) is 3.48. The number of hydrogen-bond acceptors (Lipinski definition) is 7. The van der Waals surface area contributed by atoms with E-state index in [9.17, 15) is 8.42 Å². The third-order valence-corrected chi connectivity index (χ3v) is 7.17. The number of sulfonamides is 1. The van der Waals surface area contributed by atoms with Gasteiger partial charge in [-0.05, 0) is 37.5 Å². The lowest BCUT2D eigenvalue weighted by atomic mass is 10.2. The summed E-state index contributed by atoms with van der Waals surface area (Å²) < 4.78 is 47.7. The molecule has 2 aromatic carbocycles. The summed E-state index contributed by atoms with van der Waals surface area (Å²) in [5.74, 6) is 1.50. The van der Waals surface area contributed by atoms with Gasteiger partial charge in [-0.25, -0.2) is 8.42 Å². The number of rotatable bonds is 8. The third-order valence-electron chi connectivity index (χ3n) is 5.50. The van der Waals surface area contributed by atoms with Gasteiger partial charge in [0, 0.05) is 6.61 Å². The van der Waals surface area contributed by atoms with E-state index in [2.05, 4.69) is 14.9 Å². The fourth-order valence-electron chi connectivity index (χ4n) is 3.74. The second kappa shape index (κ2) is 9.17. The molecule has 2 heterocycles. The van der Waals surface area contributed by atoms with Gasteiger partial charge in [0.05, 0.1) is 14.2 Å². The molecular weight excluding hydrogens is 432 g/mol. The van der Waals surface area contributed by atoms with Gasteiger partial charge in [0.25, 0.3) is 0 Å². The highest BCUT2D eigenvalue weighted by Crippen LogP contribution is 2.39. The molecule has 10 heteroatoms. The summed E-state index contributed by atoms with van der Waals surface area (Å²) in [5.41, 5.74) is 1.17. The monoisotopic (exact) mass is 458 g/mol. The van der Waals surface area contributed by atoms with Crippen molar-refractivity contribution in [2.45, 2.75) is 31.1 Å². The molecule has 1 aliphatic rings. The maximum atomic E-state index is 13.2. The number of aromatic nitrogens is 3. The highest BCUT2D eigenvalue weighted by molar-refractivity contribution is 7.92. The van der Waals surface area contributed by atoms with Gasteiger partial charge >= 0.3 is 0 Å². The number of nitrogens with zero attached hydrogens (tertiary/aromatic N) is 3. The smallest absolute Gasteiger partial charge is 0.243 e. The van der Waals surface area contributed by atoms with Crippen LogP contribution < -0.4 is 14.2 Å². The SMILES string of the molecule is COc1cccc(OC)c1-n1c(NS(=O)(=O)[C@H](C)c2ccccc2)nnc1C1CCCO1. The number of benzene rings is 2. The number of para-hydroxylation sites is 1. The minimum Gasteiger partial charge on any atom is -0.494 e. The van der Waals surface area contributed by atoms with Gasteiger partial charge in [0.1, 0.15) is 28.5 Å². The van der Waals surface area contributed by atoms with Gasteiger partial charge in [-0.1, -0.05) is 36.4 Å². The zero-order chi connectivity index (χ0) is 22.7. The molecule has 170 valence electrons. The van der Waals surface area contributed by atoms with Crippen LogP contribution in [0.3, 0.4) is 0 Å². The van der Waals surface area contributed by atoms with Crippen LogP contribution in [0.2, 0.25) is 0 Å². The molecule has 9 nitrogen and oxygen atoms in total. The van der Waals surface area contributed by atoms with Crippen LogP contribution in [-0.2, 0) is 14.8 Å². The standard InChI is InChI=1S/C22H26N4O5S/c1-15(16-9-5-4-6-10-16)32(27,28)25-22-24-23-21(19-13-8-14-31-19)26(22)20-17(29-2)11-7-12-18(20)30-3/h4-7,9-12,15,19H,8,13-14H2,1-3H3,(H,24,25)/t15-,19?/m1/s1. The Morgan fingerprint density at radius 2 is 1.75 bits per heavy atom. The molecule has 1 aromatic heterocycles. The zero-order valence-electron chi connectivity index (χ0n) is 18.2. The Kier molecular flexibility index (Phi) is 6.33. The molecule has 0 spiro atoms. The van der Waals surface area contributed by atoms with E-state index >= 15 is 0 Å². The first-order chi connectivity index (χ1) is 15.5. The molecule has 1 N–H and O–H groups in total. The van der Waals surface area contributed by atoms with E-state index < -0.39 is 15.3 Å². The Labute approximate surface area is 187 Å². The molecule has 0 bridgehead atoms. The summed E-state index contributed by atoms with van der Waals surface area (Å²) in [7, 11) is -0.767. The van der Waals surface area contributed by atoms with E-state index in [0.29, 0.717) is 35.2 Å². The van der Waals surface area contributed by atoms with Crippen molar-refractivity contribution < 1.29 is 22.6 Å². The first-order valence-corrected chi connectivity index (χ1v) is 11.9. The highest BCUT2D eigenvalue weighted by Gasteiger charge is 2.32. The summed E-state index contributed by atoms with van der Waals surface area (Å²) >= 11 is 0. The Morgan fingerprint density at radius 1 is 1.06 bits per heavy atom. The van der Waals surface area contributed by atoms with Gasteiger partial charge < -0.3 is 14.2 Å². The number of anilines is 1. The molecule has 1 aliphatic heterocycles. The molecule has 1 saturated heterocycles. The van der Waals surface area contributed by atoms with Crippen molar-refractivity contribution in [2.24, 2.45) is 0 Å². The van der Waals surface area contributed by atoms with Crippen LogP contribution in [-0.4, -0.2) is 44.0 Å². The molecule has 0 amide bonds. The average molecular weight is 459 g/mol. The first-order valence-electron chi connectivity index (χ1n) is 10.3. The molecule has 1 fully saturated rings. The van der Waals surface area contributed by atoms with Crippen LogP contribution in [0.5, 0.6) is 11.5 Å². The summed E-state index contributed by atoms with van der Waals surface area (Å²) in [5, 5.41) is 7.67. The largest absolute Gasteiger partial charge is 0.494 e. The quantitative estimate of drug-likeness (QED) is 0.549. The van der Waals surface area contributed by atoms with Gasteiger partial charge in [0.15, 0.2) is 5.82 Å². The molecule has 0 radical (unpaired) electrons. The minimum atomic E-state index is -3.84. The fourth-order valence-corrected chi connectivity index (χ4v) is 4.82. The van der Waals surface area contributed by atoms with Crippen molar-refractivity contribution in [3.05, 3.63) is 59.9 Å². The predicted molar refractivity (Wildman–Crippen MR) is 120 cm³/mol. The van der Waals surface area contributed by atoms with Crippen molar-refractivity contribution in [2.75, 3.05) is 25.5 Å². The van der Waals surface area contributed by atoms with Crippen LogP contribution >= 0.6 is 0 Å². The Bertz CT molecular complexity index is 1150. The van der Waals surface area contributed by atoms with E-state index in [0.717, 1.165) is 12.8 Å². The maximum Gasteiger partial charge on any atom is 0.243 e. The lowest BCUT2D eigenvalue weighted by Crippen LogP contribution is -2.22. The fraction of sp³-hybridized carbons (Fsp3) is 0.364. The van der Waals surface area contributed by atoms with Crippen LogP contribution in [0.25, 0.3) is 5.69 Å². The van der Waals surface area contributed by atoms with Gasteiger partial charge in [-0.15, -0.1) is 10.2 Å². The number of hydrogen-bond donors (Lipinski definition) is 1. The van der Waals surface area contributed by atoms with Crippen molar-refractivity contribution in [3.8, 4) is 17.2 Å². The lowest BCUT2D eigenvalue weighted by molar-refractivity contribution is 0.103. The topological polar surface area (TPSA) is 105 Å². The van der Waals surface area contributed by atoms with E-state index in [-0.39, 0.29) is 12.1 Å². The van der Waals surface area contributed by atoms with Gasteiger partial charge in [-0.3, -0.25) is 9.29 Å². The molecule has 4 rings (SSSR count). The second-order valence-electron chi connectivity index (χ2n) is 7.43. The van der Waals surface area contributed by atoms with Crippen LogP contribution in [0, 0.1) is 0 Å². The molecule has 0 aliphatic carbocycles. The molecule has 2 atom stereocenters. The van der Waals surface area contributed by atoms with Crippen LogP contribution in [0.4, 0.5) is 5.95 Å². The van der Waals surface area contributed by atoms with Gasteiger partial charge in [-0.2, -0.15) is 0 Å². The lowest BCUT2D eigenvalue weighted by Gasteiger charge is -2.20. The molecule has 32 heavy (non-hydrogen) atoms. The predicted octanol–water partition coefficient (Wildman–Crippen LogP) is 3.64. The molecule has 3 aromatic rings. The van der Waals surface area contributed by atoms with Crippen molar-refractivity contribution in [3.63, 3.8) is 0 Å². The van der Waals surface area contributed by atoms with Crippen molar-refractivity contribution in [1.82, 2.24) is 14.8 Å². The molecular formula is C22H26N4O5S. The zero-order valence-corrected chi connectivity index (χ0v) is 19.0. The second-order valence-corrected chi connectivity index (χ2v) is 9.43. The molecule has 0 saturated carbocycles. The maximum absolute atomic E-state index is 13.2. The number of nitrogens with one attached hydrogen (secondary N) is 1. The van der Waals surface area contributed by atoms with E-state index in [4.69, 9.17) is 14.2 Å². The summed E-state index contributed by atoms with van der Waals surface area (Å²) in [6, 6.07) is 14.3. The minimum absolute atomic E-state index is 0.0427. The third kappa shape index (κ3) is 4.15. The van der Waals surface area contributed by atoms with Crippen molar-refractivity contribution >= 4 is 16.0 Å². The van der Waals surface area contributed by atoms with Crippen LogP contribution in [0.15, 0.2) is 48.5 Å². The number of methoxy groups -OCH3 is 2. The van der Waals surface area contributed by atoms with Gasteiger partial charge in [0.2, 0.25) is 16.0 Å².